The molecule has 116 valence electrons. The van der Waals surface area contributed by atoms with Crippen LogP contribution in [0.15, 0.2) is 34.9 Å². The van der Waals surface area contributed by atoms with Crippen LogP contribution in [0.4, 0.5) is 5.69 Å². The molecule has 7 heteroatoms. The van der Waals surface area contributed by atoms with E-state index in [0.717, 1.165) is 5.56 Å². The fourth-order valence-corrected chi connectivity index (χ4v) is 1.79. The predicted molar refractivity (Wildman–Crippen MR) is 79.6 cm³/mol. The van der Waals surface area contributed by atoms with Crippen molar-refractivity contribution in [3.63, 3.8) is 0 Å². The first-order valence-electron chi connectivity index (χ1n) is 6.81. The van der Waals surface area contributed by atoms with E-state index >= 15 is 0 Å². The molecule has 2 rings (SSSR count). The maximum atomic E-state index is 11.9. The minimum atomic E-state index is -0.361. The molecule has 0 saturated carbocycles. The Kier molecular flexibility index (Phi) is 5.13. The molecule has 2 amide bonds. The van der Waals surface area contributed by atoms with Crippen molar-refractivity contribution in [2.75, 3.05) is 11.9 Å². The second-order valence-corrected chi connectivity index (χ2v) is 4.50. The summed E-state index contributed by atoms with van der Waals surface area (Å²) < 4.78 is 10.1. The van der Waals surface area contributed by atoms with E-state index in [1.807, 2.05) is 6.07 Å². The highest BCUT2D eigenvalue weighted by atomic mass is 16.6. The molecule has 0 saturated heterocycles. The number of anilines is 1. The molecule has 0 aliphatic rings. The third-order valence-corrected chi connectivity index (χ3v) is 2.68. The Morgan fingerprint density at radius 2 is 2.18 bits per heavy atom. The van der Waals surface area contributed by atoms with Crippen LogP contribution < -0.4 is 15.4 Å². The number of carbonyl (C=O) groups excluding carboxylic acids is 2. The smallest absolute Gasteiger partial charge is 0.394 e. The van der Waals surface area contributed by atoms with Crippen LogP contribution in [0.1, 0.15) is 29.9 Å². The highest BCUT2D eigenvalue weighted by Gasteiger charge is 2.12. The summed E-state index contributed by atoms with van der Waals surface area (Å²) in [6.07, 6.45) is 1.31. The predicted octanol–water partition coefficient (Wildman–Crippen LogP) is 1.96. The van der Waals surface area contributed by atoms with Crippen LogP contribution in [0.5, 0.6) is 6.08 Å². The standard InChI is InChI=1S/C15H17N3O4/c1-3-21-15-18-13(9-22-15)14(20)16-8-11-5-4-6-12(7-11)17-10(2)19/h4-7,9H,3,8H2,1-2H3,(H,16,20)(H,17,19). The first kappa shape index (κ1) is 15.6. The van der Waals surface area contributed by atoms with Gasteiger partial charge in [-0.25, -0.2) is 0 Å². The molecule has 2 aromatic rings. The van der Waals surface area contributed by atoms with Gasteiger partial charge in [-0.3, -0.25) is 9.59 Å². The molecule has 0 spiro atoms. The Morgan fingerprint density at radius 1 is 1.36 bits per heavy atom. The van der Waals surface area contributed by atoms with Gasteiger partial charge in [0.1, 0.15) is 6.26 Å². The Labute approximate surface area is 127 Å². The molecule has 1 aromatic carbocycles. The van der Waals surface area contributed by atoms with Crippen LogP contribution in [0.25, 0.3) is 0 Å². The van der Waals surface area contributed by atoms with E-state index < -0.39 is 0 Å². The van der Waals surface area contributed by atoms with E-state index in [9.17, 15) is 9.59 Å². The quantitative estimate of drug-likeness (QED) is 0.851. The van der Waals surface area contributed by atoms with Crippen molar-refractivity contribution in [3.8, 4) is 6.08 Å². The van der Waals surface area contributed by atoms with Gasteiger partial charge in [0.05, 0.1) is 6.61 Å². The molecule has 1 heterocycles. The molecule has 0 atom stereocenters. The van der Waals surface area contributed by atoms with E-state index in [0.29, 0.717) is 18.8 Å². The van der Waals surface area contributed by atoms with Crippen molar-refractivity contribution in [2.24, 2.45) is 0 Å². The van der Waals surface area contributed by atoms with Gasteiger partial charge in [-0.05, 0) is 24.6 Å². The van der Waals surface area contributed by atoms with Crippen molar-refractivity contribution in [3.05, 3.63) is 41.8 Å². The second-order valence-electron chi connectivity index (χ2n) is 4.50. The highest BCUT2D eigenvalue weighted by molar-refractivity contribution is 5.92. The van der Waals surface area contributed by atoms with Gasteiger partial charge in [-0.15, -0.1) is 0 Å². The van der Waals surface area contributed by atoms with Crippen LogP contribution >= 0.6 is 0 Å². The van der Waals surface area contributed by atoms with Crippen LogP contribution in [-0.4, -0.2) is 23.4 Å². The molecule has 0 aliphatic heterocycles. The van der Waals surface area contributed by atoms with Crippen LogP contribution in [0.2, 0.25) is 0 Å². The third-order valence-electron chi connectivity index (χ3n) is 2.68. The number of ether oxygens (including phenoxy) is 1. The zero-order chi connectivity index (χ0) is 15.9. The van der Waals surface area contributed by atoms with Gasteiger partial charge in [-0.1, -0.05) is 12.1 Å². The number of amides is 2. The van der Waals surface area contributed by atoms with E-state index in [-0.39, 0.29) is 23.6 Å². The number of rotatable bonds is 6. The average molecular weight is 303 g/mol. The number of benzene rings is 1. The number of carbonyl (C=O) groups is 2. The number of aromatic nitrogens is 1. The maximum Gasteiger partial charge on any atom is 0.394 e. The molecule has 0 fully saturated rings. The summed E-state index contributed by atoms with van der Waals surface area (Å²) in [7, 11) is 0. The number of hydrogen-bond acceptors (Lipinski definition) is 5. The summed E-state index contributed by atoms with van der Waals surface area (Å²) >= 11 is 0. The maximum absolute atomic E-state index is 11.9. The monoisotopic (exact) mass is 303 g/mol. The van der Waals surface area contributed by atoms with Gasteiger partial charge >= 0.3 is 6.08 Å². The SMILES string of the molecule is CCOc1nc(C(=O)NCc2cccc(NC(C)=O)c2)co1. The second kappa shape index (κ2) is 7.26. The minimum Gasteiger partial charge on any atom is -0.450 e. The lowest BCUT2D eigenvalue weighted by molar-refractivity contribution is -0.114. The first-order chi connectivity index (χ1) is 10.6. The van der Waals surface area contributed by atoms with Crippen molar-refractivity contribution in [2.45, 2.75) is 20.4 Å². The summed E-state index contributed by atoms with van der Waals surface area (Å²) in [5.74, 6) is -0.508. The van der Waals surface area contributed by atoms with Gasteiger partial charge in [0.15, 0.2) is 5.69 Å². The Hall–Kier alpha value is -2.83. The normalized spacial score (nSPS) is 10.1. The average Bonchev–Trinajstić information content (AvgIpc) is 2.94. The third kappa shape index (κ3) is 4.34. The van der Waals surface area contributed by atoms with E-state index in [2.05, 4.69) is 15.6 Å². The van der Waals surface area contributed by atoms with E-state index in [1.165, 1.54) is 13.2 Å². The molecule has 0 radical (unpaired) electrons. The Balaban J connectivity index is 1.94. The summed E-state index contributed by atoms with van der Waals surface area (Å²) in [5.41, 5.74) is 1.69. The van der Waals surface area contributed by atoms with Crippen LogP contribution in [0, 0.1) is 0 Å². The number of nitrogens with one attached hydrogen (secondary N) is 2. The molecule has 22 heavy (non-hydrogen) atoms. The number of oxazole rings is 1. The van der Waals surface area contributed by atoms with Crippen molar-refractivity contribution in [1.29, 1.82) is 0 Å². The topological polar surface area (TPSA) is 93.5 Å². The van der Waals surface area contributed by atoms with Crippen LogP contribution in [0.3, 0.4) is 0 Å². The summed E-state index contributed by atoms with van der Waals surface area (Å²) in [4.78, 5) is 26.9. The molecule has 0 unspecified atom stereocenters. The largest absolute Gasteiger partial charge is 0.450 e. The summed E-state index contributed by atoms with van der Waals surface area (Å²) in [5, 5.41) is 5.41. The van der Waals surface area contributed by atoms with Gasteiger partial charge in [0.2, 0.25) is 5.91 Å². The highest BCUT2D eigenvalue weighted by Crippen LogP contribution is 2.12. The molecular weight excluding hydrogens is 286 g/mol. The number of hydrogen-bond donors (Lipinski definition) is 2. The molecule has 7 nitrogen and oxygen atoms in total. The van der Waals surface area contributed by atoms with Gasteiger partial charge in [-0.2, -0.15) is 4.98 Å². The van der Waals surface area contributed by atoms with Crippen molar-refractivity contribution >= 4 is 17.5 Å². The van der Waals surface area contributed by atoms with Crippen molar-refractivity contribution < 1.29 is 18.7 Å². The lowest BCUT2D eigenvalue weighted by atomic mass is 10.2. The zero-order valence-corrected chi connectivity index (χ0v) is 12.4. The molecule has 0 aliphatic carbocycles. The lowest BCUT2D eigenvalue weighted by Gasteiger charge is -2.06. The van der Waals surface area contributed by atoms with Gasteiger partial charge < -0.3 is 19.8 Å². The van der Waals surface area contributed by atoms with E-state index in [1.54, 1.807) is 25.1 Å². The molecule has 2 N–H and O–H groups in total. The Morgan fingerprint density at radius 3 is 2.91 bits per heavy atom. The fourth-order valence-electron chi connectivity index (χ4n) is 1.79. The lowest BCUT2D eigenvalue weighted by Crippen LogP contribution is -2.23. The summed E-state index contributed by atoms with van der Waals surface area (Å²) in [6, 6.07) is 7.21. The first-order valence-corrected chi connectivity index (χ1v) is 6.81. The van der Waals surface area contributed by atoms with Gasteiger partial charge in [0, 0.05) is 19.2 Å². The summed E-state index contributed by atoms with van der Waals surface area (Å²) in [6.45, 7) is 3.96. The number of nitrogens with zero attached hydrogens (tertiary/aromatic N) is 1. The van der Waals surface area contributed by atoms with E-state index in [4.69, 9.17) is 9.15 Å². The molecular formula is C15H17N3O4. The fraction of sp³-hybridized carbons (Fsp3) is 0.267. The molecule has 1 aromatic heterocycles. The minimum absolute atomic E-state index is 0.0697. The van der Waals surface area contributed by atoms with Crippen molar-refractivity contribution in [1.82, 2.24) is 10.3 Å². The molecule has 0 bridgehead atoms. The zero-order valence-electron chi connectivity index (χ0n) is 12.4. The van der Waals surface area contributed by atoms with Gasteiger partial charge in [0.25, 0.3) is 5.91 Å². The Bertz CT molecular complexity index is 666. The van der Waals surface area contributed by atoms with Crippen LogP contribution in [-0.2, 0) is 11.3 Å².